The number of hydrogen-bond acceptors (Lipinski definition) is 3. The molecule has 0 unspecified atom stereocenters. The number of carbonyl (C=O) groups excluding carboxylic acids is 1. The Kier molecular flexibility index (Phi) is 3.05. The monoisotopic (exact) mass is 192 g/mol. The van der Waals surface area contributed by atoms with Crippen molar-refractivity contribution in [2.45, 2.75) is 12.8 Å². The molecule has 0 aliphatic carbocycles. The molecule has 0 aromatic heterocycles. The maximum Gasteiger partial charge on any atom is 0.220 e. The van der Waals surface area contributed by atoms with E-state index in [2.05, 4.69) is 10.0 Å². The lowest BCUT2D eigenvalue weighted by Crippen LogP contribution is -2.31. The SMILES string of the molecule is O=C1CCCNS(=O)(=O)CCN1. The van der Waals surface area contributed by atoms with Crippen LogP contribution in [-0.2, 0) is 14.8 Å². The lowest BCUT2D eigenvalue weighted by molar-refractivity contribution is -0.121. The van der Waals surface area contributed by atoms with Crippen molar-refractivity contribution < 1.29 is 13.2 Å². The molecule has 1 amide bonds. The van der Waals surface area contributed by atoms with Crippen LogP contribution in [-0.4, -0.2) is 33.2 Å². The molecule has 0 spiro atoms. The molecule has 12 heavy (non-hydrogen) atoms. The van der Waals surface area contributed by atoms with Gasteiger partial charge in [0.25, 0.3) is 0 Å². The van der Waals surface area contributed by atoms with Crippen LogP contribution in [0.2, 0.25) is 0 Å². The highest BCUT2D eigenvalue weighted by Gasteiger charge is 2.12. The first kappa shape index (κ1) is 9.47. The van der Waals surface area contributed by atoms with Crippen LogP contribution in [0, 0.1) is 0 Å². The Bertz CT molecular complexity index is 260. The van der Waals surface area contributed by atoms with E-state index in [0.717, 1.165) is 0 Å². The molecule has 0 aromatic carbocycles. The van der Waals surface area contributed by atoms with Crippen molar-refractivity contribution in [3.8, 4) is 0 Å². The summed E-state index contributed by atoms with van der Waals surface area (Å²) in [5.41, 5.74) is 0. The van der Waals surface area contributed by atoms with E-state index in [4.69, 9.17) is 0 Å². The zero-order valence-electron chi connectivity index (χ0n) is 6.67. The summed E-state index contributed by atoms with van der Waals surface area (Å²) in [6.45, 7) is 0.559. The smallest absolute Gasteiger partial charge is 0.220 e. The van der Waals surface area contributed by atoms with Crippen LogP contribution in [0.3, 0.4) is 0 Å². The molecule has 0 bridgehead atoms. The van der Waals surface area contributed by atoms with E-state index in [1.807, 2.05) is 0 Å². The lowest BCUT2D eigenvalue weighted by atomic mass is 10.3. The summed E-state index contributed by atoms with van der Waals surface area (Å²) in [7, 11) is -3.15. The quantitative estimate of drug-likeness (QED) is 0.507. The fraction of sp³-hybridized carbons (Fsp3) is 0.833. The number of carbonyl (C=O) groups is 1. The molecule has 0 atom stereocenters. The summed E-state index contributed by atoms with van der Waals surface area (Å²) in [6, 6.07) is 0. The summed E-state index contributed by atoms with van der Waals surface area (Å²) in [5.74, 6) is -0.104. The fourth-order valence-corrected chi connectivity index (χ4v) is 1.93. The highest BCUT2D eigenvalue weighted by Crippen LogP contribution is 1.92. The van der Waals surface area contributed by atoms with Crippen LogP contribution < -0.4 is 10.0 Å². The summed E-state index contributed by atoms with van der Waals surface area (Å²) in [5, 5.41) is 2.52. The molecule has 0 aromatic rings. The summed E-state index contributed by atoms with van der Waals surface area (Å²) in [6.07, 6.45) is 0.952. The summed E-state index contributed by atoms with van der Waals surface area (Å²) >= 11 is 0. The van der Waals surface area contributed by atoms with Gasteiger partial charge in [0.1, 0.15) is 0 Å². The normalized spacial score (nSPS) is 24.8. The van der Waals surface area contributed by atoms with Crippen LogP contribution in [0.1, 0.15) is 12.8 Å². The van der Waals surface area contributed by atoms with Crippen molar-refractivity contribution in [3.63, 3.8) is 0 Å². The van der Waals surface area contributed by atoms with Crippen molar-refractivity contribution in [1.29, 1.82) is 0 Å². The third kappa shape index (κ3) is 3.19. The third-order valence-corrected chi connectivity index (χ3v) is 2.98. The number of rotatable bonds is 0. The molecule has 1 saturated heterocycles. The first-order valence-electron chi connectivity index (χ1n) is 3.84. The van der Waals surface area contributed by atoms with Crippen molar-refractivity contribution in [1.82, 2.24) is 10.0 Å². The van der Waals surface area contributed by atoms with Gasteiger partial charge in [0.05, 0.1) is 5.75 Å². The zero-order valence-corrected chi connectivity index (χ0v) is 7.49. The Hall–Kier alpha value is -0.620. The maximum atomic E-state index is 11.0. The van der Waals surface area contributed by atoms with Gasteiger partial charge < -0.3 is 5.32 Å². The predicted octanol–water partition coefficient (Wildman–Crippen LogP) is -1.18. The van der Waals surface area contributed by atoms with Crippen LogP contribution in [0.4, 0.5) is 0 Å². The van der Waals surface area contributed by atoms with Gasteiger partial charge in [-0.05, 0) is 6.42 Å². The van der Waals surface area contributed by atoms with Crippen molar-refractivity contribution in [2.24, 2.45) is 0 Å². The third-order valence-electron chi connectivity index (χ3n) is 1.60. The molecule has 5 nitrogen and oxygen atoms in total. The largest absolute Gasteiger partial charge is 0.355 e. The maximum absolute atomic E-state index is 11.0. The molecule has 1 rings (SSSR count). The van der Waals surface area contributed by atoms with Crippen molar-refractivity contribution >= 4 is 15.9 Å². The summed E-state index contributed by atoms with van der Waals surface area (Å²) in [4.78, 5) is 10.9. The highest BCUT2D eigenvalue weighted by molar-refractivity contribution is 7.89. The van der Waals surface area contributed by atoms with E-state index < -0.39 is 10.0 Å². The molecule has 2 N–H and O–H groups in total. The van der Waals surface area contributed by atoms with Crippen molar-refractivity contribution in [2.75, 3.05) is 18.8 Å². The number of nitrogens with one attached hydrogen (secondary N) is 2. The fourth-order valence-electron chi connectivity index (χ4n) is 0.962. The van der Waals surface area contributed by atoms with Crippen molar-refractivity contribution in [3.05, 3.63) is 0 Å². The van der Waals surface area contributed by atoms with E-state index in [0.29, 0.717) is 19.4 Å². The van der Waals surface area contributed by atoms with Gasteiger partial charge in [-0.15, -0.1) is 0 Å². The predicted molar refractivity (Wildman–Crippen MR) is 44.0 cm³/mol. The van der Waals surface area contributed by atoms with E-state index in [1.165, 1.54) is 0 Å². The molecular weight excluding hydrogens is 180 g/mol. The Labute approximate surface area is 71.6 Å². The van der Waals surface area contributed by atoms with Crippen LogP contribution >= 0.6 is 0 Å². The van der Waals surface area contributed by atoms with E-state index in [-0.39, 0.29) is 18.2 Å². The molecule has 70 valence electrons. The van der Waals surface area contributed by atoms with Gasteiger partial charge in [-0.2, -0.15) is 0 Å². The van der Waals surface area contributed by atoms with Gasteiger partial charge in [-0.1, -0.05) is 0 Å². The van der Waals surface area contributed by atoms with Gasteiger partial charge in [-0.3, -0.25) is 4.79 Å². The second-order valence-corrected chi connectivity index (χ2v) is 4.59. The first-order chi connectivity index (χ1) is 5.60. The zero-order chi connectivity index (χ0) is 9.03. The second-order valence-electron chi connectivity index (χ2n) is 2.67. The van der Waals surface area contributed by atoms with Crippen LogP contribution in [0.15, 0.2) is 0 Å². The van der Waals surface area contributed by atoms with Gasteiger partial charge in [0.2, 0.25) is 15.9 Å². The molecule has 1 heterocycles. The molecule has 1 fully saturated rings. The second kappa shape index (κ2) is 3.86. The molecular formula is C6H12N2O3S. The van der Waals surface area contributed by atoms with E-state index >= 15 is 0 Å². The minimum Gasteiger partial charge on any atom is -0.355 e. The Balaban J connectivity index is 2.54. The number of hydrogen-bond donors (Lipinski definition) is 2. The highest BCUT2D eigenvalue weighted by atomic mass is 32.2. The van der Waals surface area contributed by atoms with E-state index in [1.54, 1.807) is 0 Å². The van der Waals surface area contributed by atoms with E-state index in [9.17, 15) is 13.2 Å². The molecule has 1 aliphatic heterocycles. The number of amides is 1. The Morgan fingerprint density at radius 3 is 2.75 bits per heavy atom. The standard InChI is InChI=1S/C6H12N2O3S/c9-6-2-1-3-8-12(10,11)5-4-7-6/h8H,1-5H2,(H,7,9). The molecule has 0 saturated carbocycles. The minimum absolute atomic E-state index is 0.0290. The molecule has 1 aliphatic rings. The summed E-state index contributed by atoms with van der Waals surface area (Å²) < 4.78 is 24.4. The van der Waals surface area contributed by atoms with Gasteiger partial charge in [0, 0.05) is 19.5 Å². The molecule has 6 heteroatoms. The molecule has 0 radical (unpaired) electrons. The topological polar surface area (TPSA) is 75.3 Å². The minimum atomic E-state index is -3.15. The van der Waals surface area contributed by atoms with Gasteiger partial charge >= 0.3 is 0 Å². The van der Waals surface area contributed by atoms with Gasteiger partial charge in [0.15, 0.2) is 0 Å². The number of sulfonamides is 1. The average molecular weight is 192 g/mol. The van der Waals surface area contributed by atoms with Gasteiger partial charge in [-0.25, -0.2) is 13.1 Å². The first-order valence-corrected chi connectivity index (χ1v) is 5.49. The lowest BCUT2D eigenvalue weighted by Gasteiger charge is -2.02. The van der Waals surface area contributed by atoms with Crippen LogP contribution in [0.25, 0.3) is 0 Å². The average Bonchev–Trinajstić information content (AvgIpc) is 2.02. The Morgan fingerprint density at radius 2 is 2.00 bits per heavy atom. The Morgan fingerprint density at radius 1 is 1.25 bits per heavy atom. The van der Waals surface area contributed by atoms with Crippen LogP contribution in [0.5, 0.6) is 0 Å².